The standard InChI is InChI=1S/C89H174O17P2/c1-7-10-12-14-16-18-20-22-23-24-25-26-29-37-43-49-55-61-67-73-88(93)105-85(78-100-87(92)72-66-60-54-48-42-36-30-27-28-34-39-45-51-57-63-69-81(4)5)80-104-108(97,98)102-76-83(90)75-101-107(95,96)103-79-84(77-99-86(91)71-65-59-53-47-41-33-21-19-17-15-13-11-8-2)106-89(94)74-68-62-56-50-44-38-32-31-35-40-46-52-58-64-70-82(6)9-3/h81-85,90H,7-80H2,1-6H3,(H,95,96)(H,97,98)/t82?,83-,84+,85+/m0/s1. The van der Waals surface area contributed by atoms with Gasteiger partial charge in [-0.05, 0) is 37.5 Å². The van der Waals surface area contributed by atoms with Crippen LogP contribution in [0.25, 0.3) is 0 Å². The number of carbonyl (C=O) groups is 4. The summed E-state index contributed by atoms with van der Waals surface area (Å²) < 4.78 is 69.1. The normalized spacial score (nSPS) is 14.0. The zero-order chi connectivity index (χ0) is 79.2. The summed E-state index contributed by atoms with van der Waals surface area (Å²) in [5.74, 6) is -0.443. The molecule has 19 heteroatoms. The van der Waals surface area contributed by atoms with Crippen molar-refractivity contribution in [1.82, 2.24) is 0 Å². The van der Waals surface area contributed by atoms with Crippen molar-refractivity contribution in [3.05, 3.63) is 0 Å². The summed E-state index contributed by atoms with van der Waals surface area (Å²) in [6.45, 7) is 9.78. The number of hydrogen-bond donors (Lipinski definition) is 3. The Morgan fingerprint density at radius 3 is 0.704 bits per heavy atom. The van der Waals surface area contributed by atoms with Gasteiger partial charge in [0.2, 0.25) is 0 Å². The molecule has 0 spiro atoms. The van der Waals surface area contributed by atoms with Gasteiger partial charge >= 0.3 is 39.5 Å². The van der Waals surface area contributed by atoms with Crippen LogP contribution >= 0.6 is 15.6 Å². The SMILES string of the molecule is CCCCCCCCCCCCCCCCCCCCCC(=O)O[C@H](COC(=O)CCCCCCCCCCCCCCCCCC(C)C)COP(=O)(O)OC[C@@H](O)COP(=O)(O)OC[C@@H](COC(=O)CCCCCCCCCCCCCCC)OC(=O)CCCCCCCCCCCCCCCCC(C)CC. The molecule has 0 aromatic carbocycles. The number of ether oxygens (including phenoxy) is 4. The predicted octanol–water partition coefficient (Wildman–Crippen LogP) is 27.4. The summed E-state index contributed by atoms with van der Waals surface area (Å²) in [7, 11) is -9.93. The molecule has 0 heterocycles. The molecule has 0 bridgehead atoms. The predicted molar refractivity (Wildman–Crippen MR) is 446 cm³/mol. The van der Waals surface area contributed by atoms with E-state index in [1.165, 1.54) is 295 Å². The van der Waals surface area contributed by atoms with Gasteiger partial charge in [-0.25, -0.2) is 9.13 Å². The molecule has 0 aliphatic carbocycles. The van der Waals surface area contributed by atoms with E-state index in [1.807, 2.05) is 0 Å². The maximum atomic E-state index is 13.2. The third kappa shape index (κ3) is 80.7. The van der Waals surface area contributed by atoms with Crippen LogP contribution in [0.5, 0.6) is 0 Å². The van der Waals surface area contributed by atoms with Crippen LogP contribution in [0.2, 0.25) is 0 Å². The van der Waals surface area contributed by atoms with Gasteiger partial charge in [-0.1, -0.05) is 427 Å². The monoisotopic (exact) mass is 1580 g/mol. The molecule has 0 saturated heterocycles. The maximum Gasteiger partial charge on any atom is 0.472 e. The number of carbonyl (C=O) groups excluding carboxylic acids is 4. The number of aliphatic hydroxyl groups excluding tert-OH is 1. The maximum absolute atomic E-state index is 13.2. The number of unbranched alkanes of at least 4 members (excludes halogenated alkanes) is 57. The molecule has 0 aromatic rings. The minimum Gasteiger partial charge on any atom is -0.462 e. The van der Waals surface area contributed by atoms with Gasteiger partial charge in [0.25, 0.3) is 0 Å². The minimum atomic E-state index is -4.97. The first-order valence-corrected chi connectivity index (χ1v) is 49.0. The van der Waals surface area contributed by atoms with Gasteiger partial charge in [0.1, 0.15) is 19.3 Å². The van der Waals surface area contributed by atoms with E-state index in [0.29, 0.717) is 25.7 Å². The van der Waals surface area contributed by atoms with Crippen LogP contribution < -0.4 is 0 Å². The molecule has 0 radical (unpaired) electrons. The second-order valence-electron chi connectivity index (χ2n) is 32.7. The molecule has 0 rings (SSSR count). The zero-order valence-electron chi connectivity index (χ0n) is 71.2. The first-order valence-electron chi connectivity index (χ1n) is 46.0. The first kappa shape index (κ1) is 106. The topological polar surface area (TPSA) is 237 Å². The fraction of sp³-hybridized carbons (Fsp3) is 0.955. The van der Waals surface area contributed by atoms with E-state index in [-0.39, 0.29) is 25.7 Å². The zero-order valence-corrected chi connectivity index (χ0v) is 73.0. The third-order valence-corrected chi connectivity index (χ3v) is 23.2. The van der Waals surface area contributed by atoms with E-state index >= 15 is 0 Å². The fourth-order valence-corrected chi connectivity index (χ4v) is 15.5. The molecule has 0 fully saturated rings. The number of rotatable bonds is 88. The molecule has 0 aliphatic heterocycles. The molecular formula is C89H174O17P2. The minimum absolute atomic E-state index is 0.108. The van der Waals surface area contributed by atoms with E-state index in [1.54, 1.807) is 0 Å². The highest BCUT2D eigenvalue weighted by Gasteiger charge is 2.31. The van der Waals surface area contributed by atoms with Crippen LogP contribution in [0, 0.1) is 11.8 Å². The number of esters is 4. The highest BCUT2D eigenvalue weighted by atomic mass is 31.2. The van der Waals surface area contributed by atoms with Gasteiger partial charge < -0.3 is 33.8 Å². The Bertz CT molecular complexity index is 2070. The third-order valence-electron chi connectivity index (χ3n) is 21.3. The largest absolute Gasteiger partial charge is 0.472 e. The van der Waals surface area contributed by atoms with Crippen molar-refractivity contribution in [2.45, 2.75) is 496 Å². The molecular weight excluding hydrogens is 1400 g/mol. The Balaban J connectivity index is 5.27. The second-order valence-corrected chi connectivity index (χ2v) is 35.6. The van der Waals surface area contributed by atoms with E-state index < -0.39 is 97.5 Å². The number of hydrogen-bond acceptors (Lipinski definition) is 15. The Morgan fingerprint density at radius 2 is 0.472 bits per heavy atom. The van der Waals surface area contributed by atoms with E-state index in [0.717, 1.165) is 102 Å². The van der Waals surface area contributed by atoms with Crippen LogP contribution in [-0.2, 0) is 65.4 Å². The van der Waals surface area contributed by atoms with Crippen LogP contribution in [0.15, 0.2) is 0 Å². The van der Waals surface area contributed by atoms with E-state index in [9.17, 15) is 43.2 Å². The average Bonchev–Trinajstić information content (AvgIpc) is 0.898. The highest BCUT2D eigenvalue weighted by molar-refractivity contribution is 7.47. The van der Waals surface area contributed by atoms with Crippen molar-refractivity contribution in [2.75, 3.05) is 39.6 Å². The summed E-state index contributed by atoms with van der Waals surface area (Å²) in [5.41, 5.74) is 0. The molecule has 0 aromatic heterocycles. The first-order chi connectivity index (χ1) is 52.4. The van der Waals surface area contributed by atoms with E-state index in [2.05, 4.69) is 41.5 Å². The lowest BCUT2D eigenvalue weighted by Crippen LogP contribution is -2.30. The second kappa shape index (κ2) is 80.3. The highest BCUT2D eigenvalue weighted by Crippen LogP contribution is 2.45. The average molecular weight is 1580 g/mol. The molecule has 0 aliphatic rings. The molecule has 6 atom stereocenters. The van der Waals surface area contributed by atoms with Crippen molar-refractivity contribution in [3.8, 4) is 0 Å². The smallest absolute Gasteiger partial charge is 0.462 e. The lowest BCUT2D eigenvalue weighted by Gasteiger charge is -2.21. The summed E-state index contributed by atoms with van der Waals surface area (Å²) >= 11 is 0. The Morgan fingerprint density at radius 1 is 0.269 bits per heavy atom. The van der Waals surface area contributed by atoms with Gasteiger partial charge in [-0.3, -0.25) is 37.3 Å². The van der Waals surface area contributed by atoms with E-state index in [4.69, 9.17) is 37.0 Å². The van der Waals surface area contributed by atoms with Crippen LogP contribution in [0.3, 0.4) is 0 Å². The van der Waals surface area contributed by atoms with Crippen molar-refractivity contribution in [3.63, 3.8) is 0 Å². The summed E-state index contributed by atoms with van der Waals surface area (Å²) in [6.07, 6.45) is 73.4. The van der Waals surface area contributed by atoms with Crippen molar-refractivity contribution < 1.29 is 80.2 Å². The van der Waals surface area contributed by atoms with Gasteiger partial charge in [-0.15, -0.1) is 0 Å². The number of phosphoric acid groups is 2. The Kier molecular flexibility index (Phi) is 78.8. The van der Waals surface area contributed by atoms with Crippen LogP contribution in [0.4, 0.5) is 0 Å². The molecule has 108 heavy (non-hydrogen) atoms. The van der Waals surface area contributed by atoms with Gasteiger partial charge in [0.05, 0.1) is 26.4 Å². The molecule has 3 N–H and O–H groups in total. The molecule has 17 nitrogen and oxygen atoms in total. The summed E-state index contributed by atoms with van der Waals surface area (Å²) in [4.78, 5) is 73.4. The van der Waals surface area contributed by atoms with Crippen LogP contribution in [0.1, 0.15) is 478 Å². The molecule has 3 unspecified atom stereocenters. The molecule has 0 saturated carbocycles. The summed E-state index contributed by atoms with van der Waals surface area (Å²) in [6, 6.07) is 0. The fourth-order valence-electron chi connectivity index (χ4n) is 13.9. The van der Waals surface area contributed by atoms with Crippen molar-refractivity contribution >= 4 is 39.5 Å². The van der Waals surface area contributed by atoms with Crippen LogP contribution in [-0.4, -0.2) is 96.7 Å². The van der Waals surface area contributed by atoms with Gasteiger partial charge in [0, 0.05) is 25.7 Å². The molecule has 642 valence electrons. The van der Waals surface area contributed by atoms with Crippen molar-refractivity contribution in [2.24, 2.45) is 11.8 Å². The number of aliphatic hydroxyl groups is 1. The quantitative estimate of drug-likeness (QED) is 0.0222. The Labute approximate surface area is 664 Å². The lowest BCUT2D eigenvalue weighted by atomic mass is 9.99. The van der Waals surface area contributed by atoms with Gasteiger partial charge in [0.15, 0.2) is 12.2 Å². The molecule has 0 amide bonds. The number of phosphoric ester groups is 2. The van der Waals surface area contributed by atoms with Gasteiger partial charge in [-0.2, -0.15) is 0 Å². The van der Waals surface area contributed by atoms with Crippen molar-refractivity contribution in [1.29, 1.82) is 0 Å². The lowest BCUT2D eigenvalue weighted by molar-refractivity contribution is -0.161. The summed E-state index contributed by atoms with van der Waals surface area (Å²) in [5, 5.41) is 10.7. The Hall–Kier alpha value is -1.94.